The molecule has 30 heavy (non-hydrogen) atoms. The predicted molar refractivity (Wildman–Crippen MR) is 119 cm³/mol. The molecule has 2 fully saturated rings. The normalized spacial score (nSPS) is 19.4. The average molecular weight is 423 g/mol. The summed E-state index contributed by atoms with van der Waals surface area (Å²) in [6.07, 6.45) is 8.23. The van der Waals surface area contributed by atoms with Crippen molar-refractivity contribution in [3.05, 3.63) is 71.1 Å². The van der Waals surface area contributed by atoms with E-state index in [1.807, 2.05) is 48.7 Å². The second kappa shape index (κ2) is 8.05. The zero-order chi connectivity index (χ0) is 20.6. The first-order valence-corrected chi connectivity index (χ1v) is 11.2. The van der Waals surface area contributed by atoms with Crippen LogP contribution in [0.3, 0.4) is 0 Å². The third kappa shape index (κ3) is 3.61. The van der Waals surface area contributed by atoms with Gasteiger partial charge in [0.05, 0.1) is 11.1 Å². The molecule has 1 saturated heterocycles. The van der Waals surface area contributed by atoms with Crippen molar-refractivity contribution in [1.82, 2.24) is 19.2 Å². The standard InChI is InChI=1S/C24H27ClN4O/c25-20-8-6-19(7-9-20)24(10-2-3-11-24)23(30)28-15-13-27(14-16-28)17-21-18-29-12-4-1-5-22(29)26-21/h1,4-9,12,18H,2-3,10-11,13-17H2. The molecule has 2 aromatic heterocycles. The van der Waals surface area contributed by atoms with Gasteiger partial charge >= 0.3 is 0 Å². The fourth-order valence-corrected chi connectivity index (χ4v) is 5.20. The Balaban J connectivity index is 1.26. The third-order valence-electron chi connectivity index (χ3n) is 6.72. The van der Waals surface area contributed by atoms with Gasteiger partial charge < -0.3 is 9.30 Å². The van der Waals surface area contributed by atoms with Gasteiger partial charge in [-0.2, -0.15) is 0 Å². The number of imidazole rings is 1. The van der Waals surface area contributed by atoms with Gasteiger partial charge in [0.2, 0.25) is 5.91 Å². The molecule has 5 nitrogen and oxygen atoms in total. The number of aromatic nitrogens is 2. The summed E-state index contributed by atoms with van der Waals surface area (Å²) in [5.41, 5.74) is 2.82. The summed E-state index contributed by atoms with van der Waals surface area (Å²) in [7, 11) is 0. The molecule has 1 aliphatic heterocycles. The smallest absolute Gasteiger partial charge is 0.233 e. The van der Waals surface area contributed by atoms with Crippen LogP contribution in [0.1, 0.15) is 36.9 Å². The summed E-state index contributed by atoms with van der Waals surface area (Å²) in [5.74, 6) is 0.301. The summed E-state index contributed by atoms with van der Waals surface area (Å²) >= 11 is 6.09. The fraction of sp³-hybridized carbons (Fsp3) is 0.417. The Labute approximate surface area is 182 Å². The van der Waals surface area contributed by atoms with Crippen LogP contribution in [0, 0.1) is 0 Å². The SMILES string of the molecule is O=C(N1CCN(Cc2cn3ccccc3n2)CC1)C1(c2ccc(Cl)cc2)CCCC1. The number of fused-ring (bicyclic) bond motifs is 1. The lowest BCUT2D eigenvalue weighted by molar-refractivity contribution is -0.139. The molecule has 5 rings (SSSR count). The molecule has 0 spiro atoms. The van der Waals surface area contributed by atoms with Crippen molar-refractivity contribution in [3.8, 4) is 0 Å². The number of rotatable bonds is 4. The topological polar surface area (TPSA) is 40.9 Å². The molecular formula is C24H27ClN4O. The molecule has 6 heteroatoms. The van der Waals surface area contributed by atoms with E-state index in [1.165, 1.54) is 0 Å². The monoisotopic (exact) mass is 422 g/mol. The molecule has 2 aliphatic rings. The minimum atomic E-state index is -0.367. The number of piperazine rings is 1. The van der Waals surface area contributed by atoms with Crippen LogP contribution in [0.15, 0.2) is 54.9 Å². The van der Waals surface area contributed by atoms with E-state index in [-0.39, 0.29) is 5.41 Å². The van der Waals surface area contributed by atoms with Crippen LogP contribution in [0.2, 0.25) is 5.02 Å². The summed E-state index contributed by atoms with van der Waals surface area (Å²) in [6.45, 7) is 4.15. The van der Waals surface area contributed by atoms with Crippen LogP contribution >= 0.6 is 11.6 Å². The quantitative estimate of drug-likeness (QED) is 0.634. The molecule has 0 unspecified atom stereocenters. The lowest BCUT2D eigenvalue weighted by Gasteiger charge is -2.40. The van der Waals surface area contributed by atoms with Crippen LogP contribution in [0.25, 0.3) is 5.65 Å². The number of amides is 1. The van der Waals surface area contributed by atoms with E-state index < -0.39 is 0 Å². The van der Waals surface area contributed by atoms with Crippen molar-refractivity contribution >= 4 is 23.2 Å². The Bertz CT molecular complexity index is 998. The van der Waals surface area contributed by atoms with Crippen LogP contribution in [0.4, 0.5) is 0 Å². The highest BCUT2D eigenvalue weighted by Crippen LogP contribution is 2.43. The van der Waals surface area contributed by atoms with Gasteiger partial charge in [0.25, 0.3) is 0 Å². The molecule has 3 aromatic rings. The molecule has 156 valence electrons. The minimum Gasteiger partial charge on any atom is -0.339 e. The predicted octanol–water partition coefficient (Wildman–Crippen LogP) is 4.14. The lowest BCUT2D eigenvalue weighted by Crippen LogP contribution is -2.53. The van der Waals surface area contributed by atoms with Crippen LogP contribution in [0.5, 0.6) is 0 Å². The minimum absolute atomic E-state index is 0.301. The third-order valence-corrected chi connectivity index (χ3v) is 6.97. The van der Waals surface area contributed by atoms with Crippen LogP contribution in [-0.4, -0.2) is 51.3 Å². The van der Waals surface area contributed by atoms with E-state index in [4.69, 9.17) is 16.6 Å². The van der Waals surface area contributed by atoms with Gasteiger partial charge in [-0.3, -0.25) is 9.69 Å². The van der Waals surface area contributed by atoms with Crippen molar-refractivity contribution in [2.24, 2.45) is 0 Å². The highest BCUT2D eigenvalue weighted by atomic mass is 35.5. The Morgan fingerprint density at radius 3 is 2.43 bits per heavy atom. The van der Waals surface area contributed by atoms with Gasteiger partial charge in [-0.1, -0.05) is 42.6 Å². The van der Waals surface area contributed by atoms with Gasteiger partial charge in [-0.05, 0) is 42.7 Å². The number of halogens is 1. The summed E-state index contributed by atoms with van der Waals surface area (Å²) in [5, 5.41) is 0.722. The van der Waals surface area contributed by atoms with E-state index in [2.05, 4.69) is 20.4 Å². The highest BCUT2D eigenvalue weighted by molar-refractivity contribution is 6.30. The van der Waals surface area contributed by atoms with Gasteiger partial charge in [0.1, 0.15) is 5.65 Å². The largest absolute Gasteiger partial charge is 0.339 e. The second-order valence-electron chi connectivity index (χ2n) is 8.56. The zero-order valence-electron chi connectivity index (χ0n) is 17.1. The van der Waals surface area contributed by atoms with Crippen molar-refractivity contribution in [2.45, 2.75) is 37.6 Å². The molecule has 1 aromatic carbocycles. The number of carbonyl (C=O) groups is 1. The van der Waals surface area contributed by atoms with Crippen molar-refractivity contribution in [1.29, 1.82) is 0 Å². The fourth-order valence-electron chi connectivity index (χ4n) is 5.08. The van der Waals surface area contributed by atoms with Crippen LogP contribution < -0.4 is 0 Å². The molecule has 0 bridgehead atoms. The molecule has 1 amide bonds. The Kier molecular flexibility index (Phi) is 5.25. The first-order valence-electron chi connectivity index (χ1n) is 10.8. The van der Waals surface area contributed by atoms with Gasteiger partial charge in [0, 0.05) is 50.1 Å². The maximum atomic E-state index is 13.6. The Morgan fingerprint density at radius 2 is 1.73 bits per heavy atom. The lowest BCUT2D eigenvalue weighted by atomic mass is 9.77. The van der Waals surface area contributed by atoms with E-state index in [9.17, 15) is 4.79 Å². The molecule has 0 N–H and O–H groups in total. The number of hydrogen-bond donors (Lipinski definition) is 0. The molecule has 3 heterocycles. The highest BCUT2D eigenvalue weighted by Gasteiger charge is 2.45. The van der Waals surface area contributed by atoms with Crippen molar-refractivity contribution < 1.29 is 4.79 Å². The van der Waals surface area contributed by atoms with Crippen LogP contribution in [-0.2, 0) is 16.8 Å². The second-order valence-corrected chi connectivity index (χ2v) is 9.00. The first kappa shape index (κ1) is 19.6. The van der Waals surface area contributed by atoms with Crippen molar-refractivity contribution in [2.75, 3.05) is 26.2 Å². The average Bonchev–Trinajstić information content (AvgIpc) is 3.42. The molecule has 0 radical (unpaired) electrons. The molecule has 1 saturated carbocycles. The van der Waals surface area contributed by atoms with Gasteiger partial charge in [-0.15, -0.1) is 0 Å². The number of carbonyl (C=O) groups excluding carboxylic acids is 1. The molecular weight excluding hydrogens is 396 g/mol. The van der Waals surface area contributed by atoms with E-state index in [0.717, 1.165) is 80.3 Å². The summed E-state index contributed by atoms with van der Waals surface area (Å²) in [4.78, 5) is 22.8. The van der Waals surface area contributed by atoms with E-state index >= 15 is 0 Å². The molecule has 1 aliphatic carbocycles. The summed E-state index contributed by atoms with van der Waals surface area (Å²) in [6, 6.07) is 14.0. The summed E-state index contributed by atoms with van der Waals surface area (Å²) < 4.78 is 2.06. The first-order chi connectivity index (χ1) is 14.6. The number of hydrogen-bond acceptors (Lipinski definition) is 3. The number of benzene rings is 1. The molecule has 0 atom stereocenters. The Hall–Kier alpha value is -2.37. The van der Waals surface area contributed by atoms with E-state index in [1.54, 1.807) is 0 Å². The number of nitrogens with zero attached hydrogens (tertiary/aromatic N) is 4. The maximum absolute atomic E-state index is 13.6. The maximum Gasteiger partial charge on any atom is 0.233 e. The Morgan fingerprint density at radius 1 is 1.00 bits per heavy atom. The van der Waals surface area contributed by atoms with Crippen molar-refractivity contribution in [3.63, 3.8) is 0 Å². The van der Waals surface area contributed by atoms with Gasteiger partial charge in [-0.25, -0.2) is 4.98 Å². The zero-order valence-corrected chi connectivity index (χ0v) is 17.9. The van der Waals surface area contributed by atoms with Gasteiger partial charge in [0.15, 0.2) is 0 Å². The van der Waals surface area contributed by atoms with E-state index in [0.29, 0.717) is 5.91 Å². The number of pyridine rings is 1.